The minimum Gasteiger partial charge on any atom is -0.372 e. The molecule has 0 bridgehead atoms. The molecule has 7 heteroatoms. The smallest absolute Gasteiger partial charge is 0.275 e. The van der Waals surface area contributed by atoms with Crippen LogP contribution in [0.3, 0.4) is 0 Å². The lowest BCUT2D eigenvalue weighted by Crippen LogP contribution is -2.48. The highest BCUT2D eigenvalue weighted by Crippen LogP contribution is 2.27. The number of morpholine rings is 1. The topological polar surface area (TPSA) is 68.5 Å². The molecule has 1 aliphatic heterocycles. The molecule has 1 fully saturated rings. The number of rotatable bonds is 2. The van der Waals surface area contributed by atoms with E-state index >= 15 is 0 Å². The largest absolute Gasteiger partial charge is 0.372 e. The van der Waals surface area contributed by atoms with Gasteiger partial charge in [0.2, 0.25) is 0 Å². The number of nitro groups is 1. The van der Waals surface area contributed by atoms with Gasteiger partial charge in [-0.15, -0.1) is 0 Å². The van der Waals surface area contributed by atoms with Crippen molar-refractivity contribution in [3.05, 3.63) is 26.9 Å². The maximum atomic E-state index is 10.8. The Bertz CT molecular complexity index is 479. The van der Waals surface area contributed by atoms with Crippen LogP contribution in [-0.2, 0) is 4.74 Å². The fraction of sp³-hybridized carbons (Fsp3) is 0.545. The zero-order chi connectivity index (χ0) is 13.3. The third-order valence-electron chi connectivity index (χ3n) is 2.73. The van der Waals surface area contributed by atoms with Crippen molar-refractivity contribution < 1.29 is 9.66 Å². The van der Waals surface area contributed by atoms with E-state index in [1.54, 1.807) is 0 Å². The van der Waals surface area contributed by atoms with Crippen LogP contribution < -0.4 is 4.90 Å². The van der Waals surface area contributed by atoms with Crippen molar-refractivity contribution in [1.82, 2.24) is 4.98 Å². The molecule has 1 aliphatic rings. The highest BCUT2D eigenvalue weighted by Gasteiger charge is 2.28. The molecule has 1 aromatic heterocycles. The standard InChI is InChI=1S/C11H14BrN3O3/c1-11(2)7-14(3-4-18-11)10-6-8(15(16)17)5-9(12)13-10/h5-6H,3-4,7H2,1-2H3. The van der Waals surface area contributed by atoms with E-state index in [1.165, 1.54) is 12.1 Å². The first kappa shape index (κ1) is 13.2. The molecule has 0 radical (unpaired) electrons. The number of anilines is 1. The summed E-state index contributed by atoms with van der Waals surface area (Å²) in [6.07, 6.45) is 0. The molecule has 0 amide bonds. The summed E-state index contributed by atoms with van der Waals surface area (Å²) in [5.41, 5.74) is -0.229. The number of pyridine rings is 1. The third kappa shape index (κ3) is 2.97. The molecule has 0 N–H and O–H groups in total. The molecule has 0 aromatic carbocycles. The van der Waals surface area contributed by atoms with Gasteiger partial charge < -0.3 is 9.64 Å². The van der Waals surface area contributed by atoms with E-state index in [4.69, 9.17) is 4.74 Å². The maximum Gasteiger partial charge on any atom is 0.275 e. The van der Waals surface area contributed by atoms with Gasteiger partial charge in [-0.3, -0.25) is 10.1 Å². The van der Waals surface area contributed by atoms with Gasteiger partial charge in [0.1, 0.15) is 10.4 Å². The summed E-state index contributed by atoms with van der Waals surface area (Å²) >= 11 is 3.20. The highest BCUT2D eigenvalue weighted by molar-refractivity contribution is 9.10. The van der Waals surface area contributed by atoms with Gasteiger partial charge in [-0.05, 0) is 29.8 Å². The minimum absolute atomic E-state index is 0.0381. The average molecular weight is 316 g/mol. The zero-order valence-corrected chi connectivity index (χ0v) is 11.8. The molecule has 1 aromatic rings. The van der Waals surface area contributed by atoms with Gasteiger partial charge in [-0.25, -0.2) is 4.98 Å². The summed E-state index contributed by atoms with van der Waals surface area (Å²) in [7, 11) is 0. The number of hydrogen-bond acceptors (Lipinski definition) is 5. The van der Waals surface area contributed by atoms with E-state index in [9.17, 15) is 10.1 Å². The van der Waals surface area contributed by atoms with E-state index in [-0.39, 0.29) is 11.3 Å². The van der Waals surface area contributed by atoms with Crippen LogP contribution >= 0.6 is 15.9 Å². The Labute approximate surface area is 113 Å². The highest BCUT2D eigenvalue weighted by atomic mass is 79.9. The molecule has 2 rings (SSSR count). The van der Waals surface area contributed by atoms with Crippen molar-refractivity contribution in [2.45, 2.75) is 19.4 Å². The van der Waals surface area contributed by atoms with E-state index in [0.29, 0.717) is 30.1 Å². The van der Waals surface area contributed by atoms with Gasteiger partial charge >= 0.3 is 0 Å². The summed E-state index contributed by atoms with van der Waals surface area (Å²) in [5, 5.41) is 10.8. The molecule has 18 heavy (non-hydrogen) atoms. The first-order valence-electron chi connectivity index (χ1n) is 5.58. The number of hydrogen-bond donors (Lipinski definition) is 0. The molecular weight excluding hydrogens is 302 g/mol. The Kier molecular flexibility index (Phi) is 3.54. The lowest BCUT2D eigenvalue weighted by molar-refractivity contribution is -0.384. The normalized spacial score (nSPS) is 18.7. The molecule has 1 saturated heterocycles. The van der Waals surface area contributed by atoms with Gasteiger partial charge in [-0.2, -0.15) is 0 Å². The van der Waals surface area contributed by atoms with Crippen molar-refractivity contribution in [3.63, 3.8) is 0 Å². The molecule has 6 nitrogen and oxygen atoms in total. The van der Waals surface area contributed by atoms with E-state index in [2.05, 4.69) is 20.9 Å². The molecular formula is C11H14BrN3O3. The molecule has 0 aliphatic carbocycles. The number of nitrogens with zero attached hydrogens (tertiary/aromatic N) is 3. The van der Waals surface area contributed by atoms with E-state index in [1.807, 2.05) is 18.7 Å². The van der Waals surface area contributed by atoms with Crippen LogP contribution in [-0.4, -0.2) is 35.2 Å². The number of aromatic nitrogens is 1. The number of ether oxygens (including phenoxy) is 1. The molecule has 0 spiro atoms. The van der Waals surface area contributed by atoms with Crippen molar-refractivity contribution in [1.29, 1.82) is 0 Å². The summed E-state index contributed by atoms with van der Waals surface area (Å²) in [6, 6.07) is 2.89. The fourth-order valence-electron chi connectivity index (χ4n) is 1.95. The van der Waals surface area contributed by atoms with Crippen molar-refractivity contribution >= 4 is 27.4 Å². The first-order chi connectivity index (χ1) is 8.37. The Hall–Kier alpha value is -1.21. The average Bonchev–Trinajstić information content (AvgIpc) is 2.26. The summed E-state index contributed by atoms with van der Waals surface area (Å²) in [4.78, 5) is 16.7. The van der Waals surface area contributed by atoms with Crippen molar-refractivity contribution in [2.75, 3.05) is 24.6 Å². The Morgan fingerprint density at radius 1 is 1.56 bits per heavy atom. The third-order valence-corrected chi connectivity index (χ3v) is 3.13. The van der Waals surface area contributed by atoms with Crippen LogP contribution in [0.2, 0.25) is 0 Å². The Morgan fingerprint density at radius 3 is 2.89 bits per heavy atom. The second kappa shape index (κ2) is 4.81. The summed E-state index contributed by atoms with van der Waals surface area (Å²) in [5.74, 6) is 0.604. The van der Waals surface area contributed by atoms with Crippen LogP contribution in [0.15, 0.2) is 16.7 Å². The van der Waals surface area contributed by atoms with Gasteiger partial charge in [0.25, 0.3) is 5.69 Å². The molecule has 0 unspecified atom stereocenters. The first-order valence-corrected chi connectivity index (χ1v) is 6.38. The molecule has 0 atom stereocenters. The molecule has 0 saturated carbocycles. The SMILES string of the molecule is CC1(C)CN(c2cc([N+](=O)[O-])cc(Br)n2)CCO1. The Morgan fingerprint density at radius 2 is 2.28 bits per heavy atom. The van der Waals surface area contributed by atoms with E-state index in [0.717, 1.165) is 0 Å². The van der Waals surface area contributed by atoms with Crippen LogP contribution in [0.4, 0.5) is 11.5 Å². The lowest BCUT2D eigenvalue weighted by Gasteiger charge is -2.38. The fourth-order valence-corrected chi connectivity index (χ4v) is 2.37. The van der Waals surface area contributed by atoms with Crippen LogP contribution in [0.1, 0.15) is 13.8 Å². The van der Waals surface area contributed by atoms with Crippen molar-refractivity contribution in [3.8, 4) is 0 Å². The van der Waals surface area contributed by atoms with Gasteiger partial charge in [0.15, 0.2) is 0 Å². The van der Waals surface area contributed by atoms with Gasteiger partial charge in [0, 0.05) is 19.2 Å². The minimum atomic E-state index is -0.415. The quantitative estimate of drug-likeness (QED) is 0.476. The summed E-state index contributed by atoms with van der Waals surface area (Å²) < 4.78 is 6.08. The summed E-state index contributed by atoms with van der Waals surface area (Å²) in [6.45, 7) is 5.92. The monoisotopic (exact) mass is 315 g/mol. The predicted molar refractivity (Wildman–Crippen MR) is 70.8 cm³/mol. The zero-order valence-electron chi connectivity index (χ0n) is 10.2. The maximum absolute atomic E-state index is 10.8. The van der Waals surface area contributed by atoms with Gasteiger partial charge in [-0.1, -0.05) is 0 Å². The number of halogens is 1. The van der Waals surface area contributed by atoms with Gasteiger partial charge in [0.05, 0.1) is 23.2 Å². The van der Waals surface area contributed by atoms with Crippen molar-refractivity contribution in [2.24, 2.45) is 0 Å². The second-order valence-electron chi connectivity index (χ2n) is 4.79. The van der Waals surface area contributed by atoms with Crippen LogP contribution in [0.25, 0.3) is 0 Å². The van der Waals surface area contributed by atoms with E-state index < -0.39 is 4.92 Å². The second-order valence-corrected chi connectivity index (χ2v) is 5.61. The van der Waals surface area contributed by atoms with Crippen LogP contribution in [0.5, 0.6) is 0 Å². The Balaban J connectivity index is 2.30. The predicted octanol–water partition coefficient (Wildman–Crippen LogP) is 2.37. The van der Waals surface area contributed by atoms with Crippen LogP contribution in [0, 0.1) is 10.1 Å². The molecule has 2 heterocycles. The molecule has 98 valence electrons. The lowest BCUT2D eigenvalue weighted by atomic mass is 10.1.